The Morgan fingerprint density at radius 3 is 2.46 bits per heavy atom. The van der Waals surface area contributed by atoms with Crippen molar-refractivity contribution in [1.29, 1.82) is 0 Å². The van der Waals surface area contributed by atoms with Crippen molar-refractivity contribution in [2.24, 2.45) is 11.8 Å². The predicted molar refractivity (Wildman–Crippen MR) is 97.4 cm³/mol. The zero-order chi connectivity index (χ0) is 18.7. The Bertz CT molecular complexity index is 680. The fourth-order valence-electron chi connectivity index (χ4n) is 3.91. The number of hydrogen-bond donors (Lipinski definition) is 1. The zero-order valence-electron chi connectivity index (χ0n) is 15.4. The normalized spacial score (nSPS) is 28.7. The molecular formula is C20H26N2O4. The van der Waals surface area contributed by atoms with E-state index in [-0.39, 0.29) is 24.2 Å². The van der Waals surface area contributed by atoms with E-state index in [2.05, 4.69) is 12.2 Å². The summed E-state index contributed by atoms with van der Waals surface area (Å²) in [5, 5.41) is 2.95. The summed E-state index contributed by atoms with van der Waals surface area (Å²) in [4.78, 5) is 39.2. The maximum atomic E-state index is 12.8. The van der Waals surface area contributed by atoms with Gasteiger partial charge in [0.25, 0.3) is 0 Å². The van der Waals surface area contributed by atoms with Crippen LogP contribution in [0.1, 0.15) is 39.0 Å². The van der Waals surface area contributed by atoms with Gasteiger partial charge in [0.05, 0.1) is 13.0 Å². The van der Waals surface area contributed by atoms with Gasteiger partial charge in [-0.2, -0.15) is 0 Å². The first-order chi connectivity index (χ1) is 12.4. The van der Waals surface area contributed by atoms with Crippen LogP contribution in [0.2, 0.25) is 0 Å². The summed E-state index contributed by atoms with van der Waals surface area (Å²) >= 11 is 0. The van der Waals surface area contributed by atoms with Crippen molar-refractivity contribution in [3.63, 3.8) is 0 Å². The number of hydrogen-bond acceptors (Lipinski definition) is 4. The maximum absolute atomic E-state index is 12.8. The molecule has 1 aromatic rings. The van der Waals surface area contributed by atoms with Gasteiger partial charge in [-0.25, -0.2) is 4.79 Å². The lowest BCUT2D eigenvalue weighted by Gasteiger charge is -2.38. The van der Waals surface area contributed by atoms with Crippen LogP contribution >= 0.6 is 0 Å². The molecule has 1 aliphatic carbocycles. The standard InChI is InChI=1S/C20H26N2O4/c1-14-8-10-20(11-9-14,19(25)26-2)21-18(24)15-12-17(23)22(13-15)16-6-4-3-5-7-16/h3-7,14-15H,8-13H2,1-2H3,(H,21,24). The molecule has 0 radical (unpaired) electrons. The molecule has 1 N–H and O–H groups in total. The van der Waals surface area contributed by atoms with E-state index in [1.54, 1.807) is 4.90 Å². The molecule has 0 aromatic heterocycles. The third-order valence-electron chi connectivity index (χ3n) is 5.63. The molecular weight excluding hydrogens is 332 g/mol. The van der Waals surface area contributed by atoms with Crippen molar-refractivity contribution in [2.45, 2.75) is 44.6 Å². The molecule has 1 saturated heterocycles. The summed E-state index contributed by atoms with van der Waals surface area (Å²) in [5.41, 5.74) is -0.163. The fourth-order valence-corrected chi connectivity index (χ4v) is 3.91. The van der Waals surface area contributed by atoms with E-state index in [4.69, 9.17) is 4.74 Å². The van der Waals surface area contributed by atoms with E-state index >= 15 is 0 Å². The van der Waals surface area contributed by atoms with Gasteiger partial charge in [-0.05, 0) is 43.7 Å². The van der Waals surface area contributed by atoms with Gasteiger partial charge in [0.1, 0.15) is 5.54 Å². The van der Waals surface area contributed by atoms with E-state index in [0.717, 1.165) is 18.5 Å². The summed E-state index contributed by atoms with van der Waals surface area (Å²) in [6.07, 6.45) is 3.06. The minimum atomic E-state index is -0.957. The van der Waals surface area contributed by atoms with Gasteiger partial charge in [0.2, 0.25) is 11.8 Å². The van der Waals surface area contributed by atoms with Crippen molar-refractivity contribution >= 4 is 23.5 Å². The Hall–Kier alpha value is -2.37. The van der Waals surface area contributed by atoms with Gasteiger partial charge in [-0.1, -0.05) is 25.1 Å². The summed E-state index contributed by atoms with van der Waals surface area (Å²) in [7, 11) is 1.35. The second-order valence-electron chi connectivity index (χ2n) is 7.49. The van der Waals surface area contributed by atoms with Crippen LogP contribution in [0.4, 0.5) is 5.69 Å². The summed E-state index contributed by atoms with van der Waals surface area (Å²) in [5.74, 6) is -0.616. The molecule has 0 bridgehead atoms. The third kappa shape index (κ3) is 3.59. The molecule has 2 amide bonds. The monoisotopic (exact) mass is 358 g/mol. The lowest BCUT2D eigenvalue weighted by atomic mass is 9.76. The molecule has 3 rings (SSSR count). The Kier molecular flexibility index (Phi) is 5.30. The molecule has 1 saturated carbocycles. The molecule has 6 heteroatoms. The molecule has 1 unspecified atom stereocenters. The summed E-state index contributed by atoms with van der Waals surface area (Å²) in [6.45, 7) is 2.48. The molecule has 1 atom stereocenters. The Balaban J connectivity index is 1.71. The molecule has 1 aromatic carbocycles. The van der Waals surface area contributed by atoms with Crippen molar-refractivity contribution in [3.05, 3.63) is 30.3 Å². The number of benzene rings is 1. The van der Waals surface area contributed by atoms with Gasteiger partial charge < -0.3 is 15.0 Å². The average Bonchev–Trinajstić information content (AvgIpc) is 3.05. The van der Waals surface area contributed by atoms with E-state index < -0.39 is 11.5 Å². The number of carbonyl (C=O) groups is 3. The van der Waals surface area contributed by atoms with Crippen molar-refractivity contribution in [1.82, 2.24) is 5.32 Å². The highest BCUT2D eigenvalue weighted by molar-refractivity contribution is 6.01. The van der Waals surface area contributed by atoms with E-state index in [0.29, 0.717) is 25.3 Å². The first kappa shape index (κ1) is 18.4. The van der Waals surface area contributed by atoms with Crippen LogP contribution in [0.3, 0.4) is 0 Å². The molecule has 1 heterocycles. The number of amides is 2. The average molecular weight is 358 g/mol. The van der Waals surface area contributed by atoms with Crippen LogP contribution in [0.15, 0.2) is 30.3 Å². The topological polar surface area (TPSA) is 75.7 Å². The van der Waals surface area contributed by atoms with Crippen LogP contribution in [0.25, 0.3) is 0 Å². The van der Waals surface area contributed by atoms with Gasteiger partial charge >= 0.3 is 5.97 Å². The molecule has 0 spiro atoms. The number of anilines is 1. The lowest BCUT2D eigenvalue weighted by molar-refractivity contribution is -0.153. The van der Waals surface area contributed by atoms with E-state index in [1.807, 2.05) is 30.3 Å². The smallest absolute Gasteiger partial charge is 0.331 e. The summed E-state index contributed by atoms with van der Waals surface area (Å²) in [6, 6.07) is 9.34. The number of ether oxygens (including phenoxy) is 1. The highest BCUT2D eigenvalue weighted by Gasteiger charge is 2.45. The van der Waals surface area contributed by atoms with Crippen LogP contribution in [0.5, 0.6) is 0 Å². The van der Waals surface area contributed by atoms with E-state index in [1.165, 1.54) is 7.11 Å². The fraction of sp³-hybridized carbons (Fsp3) is 0.550. The van der Waals surface area contributed by atoms with Crippen molar-refractivity contribution < 1.29 is 19.1 Å². The molecule has 26 heavy (non-hydrogen) atoms. The van der Waals surface area contributed by atoms with E-state index in [9.17, 15) is 14.4 Å². The van der Waals surface area contributed by atoms with Gasteiger partial charge in [-0.15, -0.1) is 0 Å². The molecule has 6 nitrogen and oxygen atoms in total. The van der Waals surface area contributed by atoms with Crippen molar-refractivity contribution in [3.8, 4) is 0 Å². The molecule has 2 aliphatic rings. The number of esters is 1. The Morgan fingerprint density at radius 1 is 1.19 bits per heavy atom. The van der Waals surface area contributed by atoms with Crippen LogP contribution in [-0.2, 0) is 19.1 Å². The van der Waals surface area contributed by atoms with Crippen LogP contribution in [0, 0.1) is 11.8 Å². The quantitative estimate of drug-likeness (QED) is 0.838. The Morgan fingerprint density at radius 2 is 1.85 bits per heavy atom. The van der Waals surface area contributed by atoms with Gasteiger partial charge in [0.15, 0.2) is 0 Å². The minimum Gasteiger partial charge on any atom is -0.467 e. The van der Waals surface area contributed by atoms with Crippen LogP contribution in [-0.4, -0.2) is 37.0 Å². The van der Waals surface area contributed by atoms with Gasteiger partial charge in [-0.3, -0.25) is 9.59 Å². The number of para-hydroxylation sites is 1. The number of nitrogens with one attached hydrogen (secondary N) is 1. The third-order valence-corrected chi connectivity index (χ3v) is 5.63. The predicted octanol–water partition coefficient (Wildman–Crippen LogP) is 2.28. The van der Waals surface area contributed by atoms with Crippen molar-refractivity contribution in [2.75, 3.05) is 18.6 Å². The number of nitrogens with zero attached hydrogens (tertiary/aromatic N) is 1. The second kappa shape index (κ2) is 7.48. The lowest BCUT2D eigenvalue weighted by Crippen LogP contribution is -2.58. The number of methoxy groups -OCH3 is 1. The van der Waals surface area contributed by atoms with Crippen LogP contribution < -0.4 is 10.2 Å². The first-order valence-electron chi connectivity index (χ1n) is 9.21. The second-order valence-corrected chi connectivity index (χ2v) is 7.49. The number of rotatable bonds is 4. The molecule has 2 fully saturated rings. The first-order valence-corrected chi connectivity index (χ1v) is 9.21. The largest absolute Gasteiger partial charge is 0.467 e. The maximum Gasteiger partial charge on any atom is 0.331 e. The minimum absolute atomic E-state index is 0.0688. The SMILES string of the molecule is COC(=O)C1(NC(=O)C2CC(=O)N(c3ccccc3)C2)CCC(C)CC1. The highest BCUT2D eigenvalue weighted by atomic mass is 16.5. The zero-order valence-corrected chi connectivity index (χ0v) is 15.4. The van der Waals surface area contributed by atoms with Gasteiger partial charge in [0, 0.05) is 18.7 Å². The number of carbonyl (C=O) groups excluding carboxylic acids is 3. The summed E-state index contributed by atoms with van der Waals surface area (Å²) < 4.78 is 4.97. The Labute approximate surface area is 153 Å². The highest BCUT2D eigenvalue weighted by Crippen LogP contribution is 2.34. The molecule has 140 valence electrons. The molecule has 1 aliphatic heterocycles.